The SMILES string of the molecule is CCCCCCOC1=C(O)[C@@H]([C@@H](O)CO)OC1=O. The summed E-state index contributed by atoms with van der Waals surface area (Å²) < 4.78 is 9.88. The zero-order valence-corrected chi connectivity index (χ0v) is 10.5. The molecular weight excluding hydrogens is 240 g/mol. The van der Waals surface area contributed by atoms with Crippen LogP contribution in [0.5, 0.6) is 0 Å². The first-order chi connectivity index (χ1) is 8.61. The minimum absolute atomic E-state index is 0.260. The van der Waals surface area contributed by atoms with Crippen LogP contribution in [-0.4, -0.2) is 46.7 Å². The summed E-state index contributed by atoms with van der Waals surface area (Å²) in [5.41, 5.74) is 0. The van der Waals surface area contributed by atoms with Gasteiger partial charge in [0.25, 0.3) is 0 Å². The third kappa shape index (κ3) is 3.61. The number of rotatable bonds is 8. The molecule has 6 nitrogen and oxygen atoms in total. The van der Waals surface area contributed by atoms with Crippen LogP contribution in [0.15, 0.2) is 11.5 Å². The summed E-state index contributed by atoms with van der Waals surface area (Å²) in [6, 6.07) is 0. The van der Waals surface area contributed by atoms with Gasteiger partial charge in [-0.1, -0.05) is 26.2 Å². The summed E-state index contributed by atoms with van der Waals surface area (Å²) in [5.74, 6) is -1.51. The van der Waals surface area contributed by atoms with Gasteiger partial charge in [-0.15, -0.1) is 0 Å². The van der Waals surface area contributed by atoms with Crippen LogP contribution >= 0.6 is 0 Å². The van der Waals surface area contributed by atoms with E-state index in [-0.39, 0.29) is 5.76 Å². The molecule has 1 heterocycles. The van der Waals surface area contributed by atoms with Crippen molar-refractivity contribution in [3.63, 3.8) is 0 Å². The highest BCUT2D eigenvalue weighted by atomic mass is 16.6. The fourth-order valence-electron chi connectivity index (χ4n) is 1.65. The highest BCUT2D eigenvalue weighted by molar-refractivity contribution is 5.89. The monoisotopic (exact) mass is 260 g/mol. The molecule has 0 aromatic carbocycles. The molecule has 0 saturated carbocycles. The molecule has 0 bridgehead atoms. The molecule has 0 unspecified atom stereocenters. The lowest BCUT2D eigenvalue weighted by Gasteiger charge is -2.13. The molecule has 1 aliphatic heterocycles. The highest BCUT2D eigenvalue weighted by Gasteiger charge is 2.40. The quantitative estimate of drug-likeness (QED) is 0.437. The normalized spacial score (nSPS) is 21.1. The first-order valence-corrected chi connectivity index (χ1v) is 6.17. The number of aliphatic hydroxyl groups excluding tert-OH is 3. The number of unbranched alkanes of at least 4 members (excludes halogenated alkanes) is 3. The van der Waals surface area contributed by atoms with Gasteiger partial charge in [-0.3, -0.25) is 0 Å². The van der Waals surface area contributed by atoms with Gasteiger partial charge in [-0.05, 0) is 6.42 Å². The van der Waals surface area contributed by atoms with Crippen LogP contribution in [0, 0.1) is 0 Å². The van der Waals surface area contributed by atoms with Crippen LogP contribution in [0.3, 0.4) is 0 Å². The Kier molecular flexibility index (Phi) is 5.94. The van der Waals surface area contributed by atoms with Crippen LogP contribution in [0.4, 0.5) is 0 Å². The lowest BCUT2D eigenvalue weighted by atomic mass is 10.2. The predicted molar refractivity (Wildman–Crippen MR) is 62.7 cm³/mol. The Labute approximate surface area is 106 Å². The second-order valence-electron chi connectivity index (χ2n) is 4.20. The Hall–Kier alpha value is -1.27. The molecule has 0 aromatic heterocycles. The molecule has 2 atom stereocenters. The standard InChI is InChI=1S/C12H20O6/c1-2-3-4-5-6-17-11-9(15)10(8(14)7-13)18-12(11)16/h8,10,13-15H,2-7H2,1H3/t8-,10+/m0/s1. The van der Waals surface area contributed by atoms with Gasteiger partial charge in [-0.2, -0.15) is 0 Å². The number of hydrogen-bond donors (Lipinski definition) is 3. The largest absolute Gasteiger partial charge is 0.505 e. The second kappa shape index (κ2) is 7.23. The molecule has 0 aliphatic carbocycles. The molecular formula is C12H20O6. The molecule has 0 fully saturated rings. The number of carbonyl (C=O) groups is 1. The van der Waals surface area contributed by atoms with Crippen molar-refractivity contribution in [1.82, 2.24) is 0 Å². The smallest absolute Gasteiger partial charge is 0.378 e. The first kappa shape index (κ1) is 14.8. The van der Waals surface area contributed by atoms with Crippen molar-refractivity contribution >= 4 is 5.97 Å². The van der Waals surface area contributed by atoms with Crippen LogP contribution < -0.4 is 0 Å². The maximum Gasteiger partial charge on any atom is 0.378 e. The molecule has 0 amide bonds. The molecule has 0 aromatic rings. The summed E-state index contributed by atoms with van der Waals surface area (Å²) in [6.45, 7) is 1.80. The van der Waals surface area contributed by atoms with Gasteiger partial charge in [0.05, 0.1) is 13.2 Å². The summed E-state index contributed by atoms with van der Waals surface area (Å²) in [5, 5.41) is 27.7. The van der Waals surface area contributed by atoms with Crippen molar-refractivity contribution in [2.45, 2.75) is 44.8 Å². The molecule has 1 rings (SSSR count). The van der Waals surface area contributed by atoms with Gasteiger partial charge >= 0.3 is 5.97 Å². The van der Waals surface area contributed by atoms with E-state index in [0.717, 1.165) is 25.7 Å². The van der Waals surface area contributed by atoms with Gasteiger partial charge in [0.1, 0.15) is 6.10 Å². The van der Waals surface area contributed by atoms with Crippen molar-refractivity contribution in [1.29, 1.82) is 0 Å². The number of esters is 1. The summed E-state index contributed by atoms with van der Waals surface area (Å²) in [4.78, 5) is 11.4. The van der Waals surface area contributed by atoms with E-state index in [2.05, 4.69) is 6.92 Å². The third-order valence-corrected chi connectivity index (χ3v) is 2.70. The van der Waals surface area contributed by atoms with Crippen molar-refractivity contribution in [2.75, 3.05) is 13.2 Å². The van der Waals surface area contributed by atoms with Gasteiger partial charge in [0.2, 0.25) is 5.76 Å². The summed E-state index contributed by atoms with van der Waals surface area (Å²) in [7, 11) is 0. The van der Waals surface area contributed by atoms with Crippen LogP contribution in [-0.2, 0) is 14.3 Å². The van der Waals surface area contributed by atoms with Crippen molar-refractivity contribution in [3.05, 3.63) is 11.5 Å². The van der Waals surface area contributed by atoms with E-state index in [1.165, 1.54) is 0 Å². The maximum absolute atomic E-state index is 11.4. The molecule has 6 heteroatoms. The van der Waals surface area contributed by atoms with E-state index < -0.39 is 30.5 Å². The highest BCUT2D eigenvalue weighted by Crippen LogP contribution is 2.24. The Morgan fingerprint density at radius 2 is 2.11 bits per heavy atom. The van der Waals surface area contributed by atoms with E-state index in [4.69, 9.17) is 14.6 Å². The van der Waals surface area contributed by atoms with Gasteiger partial charge in [0, 0.05) is 0 Å². The minimum atomic E-state index is -1.34. The van der Waals surface area contributed by atoms with Crippen LogP contribution in [0.2, 0.25) is 0 Å². The zero-order chi connectivity index (χ0) is 13.5. The Balaban J connectivity index is 2.47. The molecule has 0 radical (unpaired) electrons. The molecule has 3 N–H and O–H groups in total. The fourth-order valence-corrected chi connectivity index (χ4v) is 1.65. The molecule has 0 saturated heterocycles. The fraction of sp³-hybridized carbons (Fsp3) is 0.750. The molecule has 1 aliphatic rings. The predicted octanol–water partition coefficient (Wildman–Crippen LogP) is 0.631. The Morgan fingerprint density at radius 1 is 1.39 bits per heavy atom. The van der Waals surface area contributed by atoms with E-state index in [1.807, 2.05) is 0 Å². The van der Waals surface area contributed by atoms with E-state index in [0.29, 0.717) is 6.61 Å². The summed E-state index contributed by atoms with van der Waals surface area (Å²) >= 11 is 0. The van der Waals surface area contributed by atoms with Crippen molar-refractivity contribution < 1.29 is 29.6 Å². The van der Waals surface area contributed by atoms with Gasteiger partial charge in [0.15, 0.2) is 11.9 Å². The van der Waals surface area contributed by atoms with Crippen molar-refractivity contribution in [2.24, 2.45) is 0 Å². The average Bonchev–Trinajstić information content (AvgIpc) is 2.65. The molecule has 104 valence electrons. The van der Waals surface area contributed by atoms with E-state index in [9.17, 15) is 15.0 Å². The zero-order valence-electron chi connectivity index (χ0n) is 10.5. The number of cyclic esters (lactones) is 1. The maximum atomic E-state index is 11.4. The van der Waals surface area contributed by atoms with E-state index in [1.54, 1.807) is 0 Å². The lowest BCUT2D eigenvalue weighted by Crippen LogP contribution is -2.31. The number of aliphatic hydroxyl groups is 3. The van der Waals surface area contributed by atoms with Crippen LogP contribution in [0.1, 0.15) is 32.6 Å². The van der Waals surface area contributed by atoms with Crippen molar-refractivity contribution in [3.8, 4) is 0 Å². The number of ether oxygens (including phenoxy) is 2. The summed E-state index contributed by atoms with van der Waals surface area (Å²) in [6.07, 6.45) is 1.39. The Bertz CT molecular complexity index is 312. The number of hydrogen-bond acceptors (Lipinski definition) is 6. The molecule has 18 heavy (non-hydrogen) atoms. The second-order valence-corrected chi connectivity index (χ2v) is 4.20. The molecule has 0 spiro atoms. The van der Waals surface area contributed by atoms with Gasteiger partial charge < -0.3 is 24.8 Å². The average molecular weight is 260 g/mol. The van der Waals surface area contributed by atoms with E-state index >= 15 is 0 Å². The third-order valence-electron chi connectivity index (χ3n) is 2.70. The lowest BCUT2D eigenvalue weighted by molar-refractivity contribution is -0.148. The van der Waals surface area contributed by atoms with Gasteiger partial charge in [-0.25, -0.2) is 4.79 Å². The van der Waals surface area contributed by atoms with Crippen LogP contribution in [0.25, 0.3) is 0 Å². The topological polar surface area (TPSA) is 96.2 Å². The minimum Gasteiger partial charge on any atom is -0.505 e. The Morgan fingerprint density at radius 3 is 2.72 bits per heavy atom. The first-order valence-electron chi connectivity index (χ1n) is 6.17. The number of carbonyl (C=O) groups excluding carboxylic acids is 1.